The van der Waals surface area contributed by atoms with Crippen molar-refractivity contribution in [1.29, 1.82) is 0 Å². The SMILES string of the molecule is c1ccc(Nc2cc(-c3ccc4nc[nH]c4c3)ccn2)nc1. The van der Waals surface area contributed by atoms with Gasteiger partial charge >= 0.3 is 0 Å². The Balaban J connectivity index is 1.69. The highest BCUT2D eigenvalue weighted by atomic mass is 15.0. The van der Waals surface area contributed by atoms with E-state index in [2.05, 4.69) is 37.4 Å². The van der Waals surface area contributed by atoms with Crippen molar-refractivity contribution >= 4 is 22.7 Å². The summed E-state index contributed by atoms with van der Waals surface area (Å²) in [5.41, 5.74) is 4.19. The van der Waals surface area contributed by atoms with Crippen molar-refractivity contribution in [3.8, 4) is 11.1 Å². The van der Waals surface area contributed by atoms with Gasteiger partial charge in [-0.15, -0.1) is 0 Å². The normalized spacial score (nSPS) is 10.7. The second-order valence-electron chi connectivity index (χ2n) is 4.90. The number of nitrogens with one attached hydrogen (secondary N) is 2. The third-order valence-electron chi connectivity index (χ3n) is 3.43. The number of hydrogen-bond acceptors (Lipinski definition) is 4. The zero-order valence-electron chi connectivity index (χ0n) is 11.7. The van der Waals surface area contributed by atoms with Crippen LogP contribution in [0.3, 0.4) is 0 Å². The van der Waals surface area contributed by atoms with Gasteiger partial charge in [0.25, 0.3) is 0 Å². The van der Waals surface area contributed by atoms with E-state index in [1.54, 1.807) is 18.7 Å². The molecule has 5 heteroatoms. The number of imidazole rings is 1. The number of nitrogens with zero attached hydrogens (tertiary/aromatic N) is 3. The second kappa shape index (κ2) is 5.29. The van der Waals surface area contributed by atoms with Gasteiger partial charge in [0.05, 0.1) is 17.4 Å². The molecule has 106 valence electrons. The van der Waals surface area contributed by atoms with Crippen molar-refractivity contribution in [2.45, 2.75) is 0 Å². The van der Waals surface area contributed by atoms with E-state index < -0.39 is 0 Å². The zero-order valence-corrected chi connectivity index (χ0v) is 11.7. The molecular weight excluding hydrogens is 274 g/mol. The van der Waals surface area contributed by atoms with Crippen molar-refractivity contribution in [2.75, 3.05) is 5.32 Å². The predicted octanol–water partition coefficient (Wildman–Crippen LogP) is 3.76. The maximum atomic E-state index is 4.34. The average molecular weight is 287 g/mol. The molecule has 0 aliphatic carbocycles. The predicted molar refractivity (Wildman–Crippen MR) is 86.8 cm³/mol. The van der Waals surface area contributed by atoms with Gasteiger partial charge in [0.15, 0.2) is 0 Å². The first-order valence-electron chi connectivity index (χ1n) is 6.96. The van der Waals surface area contributed by atoms with E-state index in [1.807, 2.05) is 36.4 Å². The highest BCUT2D eigenvalue weighted by Crippen LogP contribution is 2.25. The molecule has 0 spiro atoms. The van der Waals surface area contributed by atoms with Crippen LogP contribution in [0.5, 0.6) is 0 Å². The van der Waals surface area contributed by atoms with Crippen molar-refractivity contribution in [3.63, 3.8) is 0 Å². The van der Waals surface area contributed by atoms with Crippen molar-refractivity contribution in [3.05, 3.63) is 67.3 Å². The lowest BCUT2D eigenvalue weighted by Gasteiger charge is -2.07. The minimum absolute atomic E-state index is 0.765. The maximum Gasteiger partial charge on any atom is 0.132 e. The Morgan fingerprint density at radius 2 is 1.68 bits per heavy atom. The molecule has 0 amide bonds. The first kappa shape index (κ1) is 12.5. The van der Waals surface area contributed by atoms with Crippen molar-refractivity contribution < 1.29 is 0 Å². The average Bonchev–Trinajstić information content (AvgIpc) is 3.04. The lowest BCUT2D eigenvalue weighted by Crippen LogP contribution is -1.95. The molecule has 0 aliphatic heterocycles. The summed E-state index contributed by atoms with van der Waals surface area (Å²) in [6.07, 6.45) is 5.24. The second-order valence-corrected chi connectivity index (χ2v) is 4.90. The summed E-state index contributed by atoms with van der Waals surface area (Å²) in [4.78, 5) is 16.0. The molecule has 0 atom stereocenters. The third-order valence-corrected chi connectivity index (χ3v) is 3.43. The minimum Gasteiger partial charge on any atom is -0.345 e. The highest BCUT2D eigenvalue weighted by molar-refractivity contribution is 5.82. The van der Waals surface area contributed by atoms with Gasteiger partial charge in [0.1, 0.15) is 11.6 Å². The zero-order chi connectivity index (χ0) is 14.8. The Morgan fingerprint density at radius 3 is 2.59 bits per heavy atom. The first-order chi connectivity index (χ1) is 10.9. The van der Waals surface area contributed by atoms with E-state index in [0.29, 0.717) is 0 Å². The van der Waals surface area contributed by atoms with E-state index in [4.69, 9.17) is 0 Å². The summed E-state index contributed by atoms with van der Waals surface area (Å²) in [6.45, 7) is 0. The van der Waals surface area contributed by atoms with E-state index in [9.17, 15) is 0 Å². The largest absolute Gasteiger partial charge is 0.345 e. The third kappa shape index (κ3) is 2.40. The van der Waals surface area contributed by atoms with Gasteiger partial charge in [0.2, 0.25) is 0 Å². The van der Waals surface area contributed by atoms with Gasteiger partial charge in [-0.1, -0.05) is 12.1 Å². The molecule has 0 saturated heterocycles. The van der Waals surface area contributed by atoms with Crippen LogP contribution in [0.25, 0.3) is 22.2 Å². The molecule has 0 fully saturated rings. The maximum absolute atomic E-state index is 4.34. The van der Waals surface area contributed by atoms with Crippen LogP contribution in [0.4, 0.5) is 11.6 Å². The van der Waals surface area contributed by atoms with Gasteiger partial charge in [-0.25, -0.2) is 15.0 Å². The Kier molecular flexibility index (Phi) is 3.01. The summed E-state index contributed by atoms with van der Waals surface area (Å²) in [7, 11) is 0. The Bertz CT molecular complexity index is 914. The smallest absolute Gasteiger partial charge is 0.132 e. The van der Waals surface area contributed by atoms with Gasteiger partial charge < -0.3 is 10.3 Å². The fourth-order valence-corrected chi connectivity index (χ4v) is 2.36. The minimum atomic E-state index is 0.765. The number of hydrogen-bond donors (Lipinski definition) is 2. The van der Waals surface area contributed by atoms with Gasteiger partial charge in [0, 0.05) is 12.4 Å². The number of anilines is 2. The molecule has 0 unspecified atom stereocenters. The lowest BCUT2D eigenvalue weighted by molar-refractivity contribution is 1.25. The van der Waals surface area contributed by atoms with Crippen LogP contribution in [-0.2, 0) is 0 Å². The molecule has 22 heavy (non-hydrogen) atoms. The first-order valence-corrected chi connectivity index (χ1v) is 6.96. The molecule has 2 N–H and O–H groups in total. The summed E-state index contributed by atoms with van der Waals surface area (Å²) in [5.74, 6) is 1.54. The Hall–Kier alpha value is -3.21. The van der Waals surface area contributed by atoms with E-state index in [-0.39, 0.29) is 0 Å². The highest BCUT2D eigenvalue weighted by Gasteiger charge is 2.03. The number of aromatic amines is 1. The van der Waals surface area contributed by atoms with Crippen LogP contribution >= 0.6 is 0 Å². The summed E-state index contributed by atoms with van der Waals surface area (Å²) in [6, 6.07) is 15.9. The molecule has 3 aromatic heterocycles. The molecule has 4 rings (SSSR count). The molecule has 0 saturated carbocycles. The topological polar surface area (TPSA) is 66.5 Å². The molecule has 3 heterocycles. The van der Waals surface area contributed by atoms with Crippen LogP contribution in [0.2, 0.25) is 0 Å². The summed E-state index contributed by atoms with van der Waals surface area (Å²) in [5, 5.41) is 3.20. The van der Waals surface area contributed by atoms with E-state index >= 15 is 0 Å². The van der Waals surface area contributed by atoms with Gasteiger partial charge in [-0.05, 0) is 47.5 Å². The fourth-order valence-electron chi connectivity index (χ4n) is 2.36. The number of H-pyrrole nitrogens is 1. The van der Waals surface area contributed by atoms with Crippen LogP contribution in [0.1, 0.15) is 0 Å². The summed E-state index contributed by atoms with van der Waals surface area (Å²) < 4.78 is 0. The molecular formula is C17H13N5. The molecule has 0 aliphatic rings. The summed E-state index contributed by atoms with van der Waals surface area (Å²) >= 11 is 0. The standard InChI is InChI=1S/C17H13N5/c1-2-7-18-16(3-1)22-17-10-13(6-8-19-17)12-4-5-14-15(9-12)21-11-20-14/h1-11H,(H,20,21)(H,18,19,22). The van der Waals surface area contributed by atoms with E-state index in [0.717, 1.165) is 33.8 Å². The van der Waals surface area contributed by atoms with Crippen LogP contribution in [0.15, 0.2) is 67.3 Å². The number of aromatic nitrogens is 4. The van der Waals surface area contributed by atoms with Crippen molar-refractivity contribution in [1.82, 2.24) is 19.9 Å². The van der Waals surface area contributed by atoms with Crippen LogP contribution in [-0.4, -0.2) is 19.9 Å². The van der Waals surface area contributed by atoms with Gasteiger partial charge in [-0.3, -0.25) is 0 Å². The van der Waals surface area contributed by atoms with Gasteiger partial charge in [-0.2, -0.15) is 0 Å². The quantitative estimate of drug-likeness (QED) is 0.602. The van der Waals surface area contributed by atoms with Crippen LogP contribution in [0, 0.1) is 0 Å². The molecule has 0 radical (unpaired) electrons. The fraction of sp³-hybridized carbons (Fsp3) is 0. The van der Waals surface area contributed by atoms with Crippen LogP contribution < -0.4 is 5.32 Å². The van der Waals surface area contributed by atoms with E-state index in [1.165, 1.54) is 0 Å². The Labute approximate surface area is 127 Å². The lowest BCUT2D eigenvalue weighted by atomic mass is 10.1. The number of fused-ring (bicyclic) bond motifs is 1. The number of rotatable bonds is 3. The Morgan fingerprint density at radius 1 is 0.773 bits per heavy atom. The molecule has 1 aromatic carbocycles. The molecule has 5 nitrogen and oxygen atoms in total. The number of pyridine rings is 2. The monoisotopic (exact) mass is 287 g/mol. The number of benzene rings is 1. The van der Waals surface area contributed by atoms with Crippen molar-refractivity contribution in [2.24, 2.45) is 0 Å². The molecule has 4 aromatic rings. The molecule has 0 bridgehead atoms.